The second kappa shape index (κ2) is 13.3. The van der Waals surface area contributed by atoms with Gasteiger partial charge in [0.1, 0.15) is 11.9 Å². The van der Waals surface area contributed by atoms with Crippen molar-refractivity contribution in [2.45, 2.75) is 30.9 Å². The second-order valence-electron chi connectivity index (χ2n) is 12.4. The van der Waals surface area contributed by atoms with Crippen LogP contribution < -0.4 is 26.4 Å². The summed E-state index contributed by atoms with van der Waals surface area (Å²) in [6.45, 7) is 0.655. The number of rotatable bonds is 10. The predicted octanol–water partition coefficient (Wildman–Crippen LogP) is 8.81. The zero-order chi connectivity index (χ0) is 32.3. The van der Waals surface area contributed by atoms with Crippen molar-refractivity contribution in [3.8, 4) is 5.75 Å². The molecule has 0 spiro atoms. The fourth-order valence-corrected chi connectivity index (χ4v) is 6.92. The molecule has 6 aromatic carbocycles. The van der Waals surface area contributed by atoms with E-state index in [1.807, 2.05) is 30.3 Å². The Labute approximate surface area is 281 Å². The smallest absolute Gasteiger partial charge is 0.130 e. The van der Waals surface area contributed by atoms with E-state index < -0.39 is 0 Å². The lowest BCUT2D eigenvalue weighted by Crippen LogP contribution is -2.39. The van der Waals surface area contributed by atoms with Gasteiger partial charge in [-0.15, -0.1) is 0 Å². The van der Waals surface area contributed by atoms with E-state index >= 15 is 0 Å². The summed E-state index contributed by atoms with van der Waals surface area (Å²) >= 11 is 0. The van der Waals surface area contributed by atoms with Gasteiger partial charge in [0.25, 0.3) is 0 Å². The summed E-state index contributed by atoms with van der Waals surface area (Å²) in [5.74, 6) is 1.14. The van der Waals surface area contributed by atoms with E-state index in [0.717, 1.165) is 33.6 Å². The first-order chi connectivity index (χ1) is 23.7. The van der Waals surface area contributed by atoms with E-state index in [1.165, 1.54) is 27.6 Å². The van der Waals surface area contributed by atoms with Gasteiger partial charge in [-0.3, -0.25) is 10.6 Å². The van der Waals surface area contributed by atoms with Crippen molar-refractivity contribution in [3.63, 3.8) is 0 Å². The summed E-state index contributed by atoms with van der Waals surface area (Å²) in [6, 6.07) is 52.6. The highest BCUT2D eigenvalue weighted by Gasteiger charge is 2.35. The van der Waals surface area contributed by atoms with Crippen LogP contribution in [0.5, 0.6) is 5.75 Å². The highest BCUT2D eigenvalue weighted by atomic mass is 16.5. The Hall–Kier alpha value is -5.46. The molecule has 0 radical (unpaired) electrons. The summed E-state index contributed by atoms with van der Waals surface area (Å²) < 4.78 is 6.43. The summed E-state index contributed by atoms with van der Waals surface area (Å²) in [5, 5.41) is 13.6. The Balaban J connectivity index is 1.08. The zero-order valence-corrected chi connectivity index (χ0v) is 26.6. The third-order valence-corrected chi connectivity index (χ3v) is 9.37. The molecule has 6 aromatic rings. The van der Waals surface area contributed by atoms with E-state index in [2.05, 4.69) is 149 Å². The van der Waals surface area contributed by atoms with E-state index in [9.17, 15) is 0 Å². The molecule has 0 aromatic heterocycles. The standard InChI is InChI=1S/C43H38N4O/c44-42(30-16-6-2-7-17-30)47-43(31-18-8-3-9-19-31)45-28-32-24-25-38(34-21-11-10-20-33(32)34)46-39-27-41-37(35-22-12-13-23-40(35)48-41)26-36(39)29-14-4-1-5-15-29/h1-27,37,41-43,45-47H,28,44H2. The Kier molecular flexibility index (Phi) is 8.31. The van der Waals surface area contributed by atoms with Gasteiger partial charge in [0.2, 0.25) is 0 Å². The van der Waals surface area contributed by atoms with Gasteiger partial charge in [0.15, 0.2) is 0 Å². The molecule has 5 heteroatoms. The fourth-order valence-electron chi connectivity index (χ4n) is 6.92. The first-order valence-corrected chi connectivity index (χ1v) is 16.6. The van der Waals surface area contributed by atoms with Gasteiger partial charge in [0, 0.05) is 40.4 Å². The number of benzene rings is 6. The largest absolute Gasteiger partial charge is 0.485 e. The maximum atomic E-state index is 6.63. The van der Waals surface area contributed by atoms with Gasteiger partial charge in [-0.1, -0.05) is 146 Å². The minimum absolute atomic E-state index is 0.0585. The lowest BCUT2D eigenvalue weighted by atomic mass is 9.85. The number of nitrogens with one attached hydrogen (secondary N) is 3. The maximum Gasteiger partial charge on any atom is 0.130 e. The van der Waals surface area contributed by atoms with Crippen molar-refractivity contribution in [2.24, 2.45) is 5.73 Å². The quantitative estimate of drug-likeness (QED) is 0.114. The van der Waals surface area contributed by atoms with Crippen LogP contribution in [0.25, 0.3) is 16.3 Å². The van der Waals surface area contributed by atoms with Gasteiger partial charge in [-0.05, 0) is 45.8 Å². The fraction of sp³-hybridized carbons (Fsp3) is 0.116. The molecule has 236 valence electrons. The van der Waals surface area contributed by atoms with Crippen molar-refractivity contribution in [2.75, 3.05) is 5.32 Å². The topological polar surface area (TPSA) is 71.3 Å². The highest BCUT2D eigenvalue weighted by molar-refractivity contribution is 5.98. The zero-order valence-electron chi connectivity index (χ0n) is 26.6. The van der Waals surface area contributed by atoms with E-state index in [1.54, 1.807) is 0 Å². The van der Waals surface area contributed by atoms with Crippen LogP contribution in [0.2, 0.25) is 0 Å². The normalized spacial score (nSPS) is 17.8. The minimum Gasteiger partial charge on any atom is -0.485 e. The molecular weight excluding hydrogens is 589 g/mol. The van der Waals surface area contributed by atoms with Gasteiger partial charge in [-0.2, -0.15) is 0 Å². The lowest BCUT2D eigenvalue weighted by Gasteiger charge is -2.27. The number of nitrogens with two attached hydrogens (primary N) is 1. The van der Waals surface area contributed by atoms with E-state index in [-0.39, 0.29) is 24.4 Å². The first-order valence-electron chi connectivity index (χ1n) is 16.6. The third kappa shape index (κ3) is 6.03. The minimum atomic E-state index is -0.320. The van der Waals surface area contributed by atoms with Gasteiger partial charge >= 0.3 is 0 Å². The molecule has 1 aliphatic heterocycles. The van der Waals surface area contributed by atoms with Crippen LogP contribution in [-0.2, 0) is 6.54 Å². The molecule has 48 heavy (non-hydrogen) atoms. The van der Waals surface area contributed by atoms with E-state index in [4.69, 9.17) is 10.5 Å². The van der Waals surface area contributed by atoms with Gasteiger partial charge in [0.05, 0.1) is 12.3 Å². The summed E-state index contributed by atoms with van der Waals surface area (Å²) in [4.78, 5) is 0. The molecule has 1 heterocycles. The molecule has 0 saturated heterocycles. The van der Waals surface area contributed by atoms with E-state index in [0.29, 0.717) is 6.54 Å². The third-order valence-electron chi connectivity index (χ3n) is 9.37. The number of allylic oxidation sites excluding steroid dienone is 1. The number of hydrogen-bond acceptors (Lipinski definition) is 5. The number of anilines is 1. The summed E-state index contributed by atoms with van der Waals surface area (Å²) in [7, 11) is 0. The van der Waals surface area contributed by atoms with Crippen LogP contribution >= 0.6 is 0 Å². The predicted molar refractivity (Wildman–Crippen MR) is 196 cm³/mol. The molecule has 0 saturated carbocycles. The summed E-state index contributed by atoms with van der Waals surface area (Å²) in [5.41, 5.74) is 15.7. The van der Waals surface area contributed by atoms with Crippen LogP contribution in [-0.4, -0.2) is 6.10 Å². The van der Waals surface area contributed by atoms with Crippen LogP contribution in [0.1, 0.15) is 46.1 Å². The Morgan fingerprint density at radius 3 is 2.04 bits per heavy atom. The maximum absolute atomic E-state index is 6.63. The second-order valence-corrected chi connectivity index (χ2v) is 12.4. The van der Waals surface area contributed by atoms with Crippen molar-refractivity contribution in [1.82, 2.24) is 10.6 Å². The molecule has 0 bridgehead atoms. The number of ether oxygens (including phenoxy) is 1. The lowest BCUT2D eigenvalue weighted by molar-refractivity contribution is 0.268. The highest BCUT2D eigenvalue weighted by Crippen LogP contribution is 2.45. The summed E-state index contributed by atoms with van der Waals surface area (Å²) in [6.07, 6.45) is 4.10. The Morgan fingerprint density at radius 1 is 0.625 bits per heavy atom. The SMILES string of the molecule is NC(NC(NCc1ccc(NC2=CC3Oc4ccccc4C3C=C2c2ccccc2)c2ccccc12)c1ccccc1)c1ccccc1. The first kappa shape index (κ1) is 29.9. The molecule has 0 amide bonds. The van der Waals surface area contributed by atoms with Gasteiger partial charge in [-0.25, -0.2) is 0 Å². The Bertz CT molecular complexity index is 2090. The number of para-hydroxylation sites is 1. The van der Waals surface area contributed by atoms with Crippen LogP contribution in [0, 0.1) is 0 Å². The molecule has 4 atom stereocenters. The Morgan fingerprint density at radius 2 is 1.27 bits per heavy atom. The van der Waals surface area contributed by atoms with Gasteiger partial charge < -0.3 is 15.8 Å². The molecule has 1 aliphatic carbocycles. The van der Waals surface area contributed by atoms with Crippen LogP contribution in [0.15, 0.2) is 170 Å². The average Bonchev–Trinajstić information content (AvgIpc) is 3.52. The number of fused-ring (bicyclic) bond motifs is 4. The average molecular weight is 627 g/mol. The number of hydrogen-bond donors (Lipinski definition) is 4. The molecule has 0 fully saturated rings. The van der Waals surface area contributed by atoms with Crippen molar-refractivity contribution in [1.29, 1.82) is 0 Å². The monoisotopic (exact) mass is 626 g/mol. The molecule has 8 rings (SSSR count). The molecule has 4 unspecified atom stereocenters. The van der Waals surface area contributed by atoms with Crippen molar-refractivity contribution in [3.05, 3.63) is 197 Å². The molecule has 5 nitrogen and oxygen atoms in total. The molecular formula is C43H38N4O. The van der Waals surface area contributed by atoms with Crippen LogP contribution in [0.4, 0.5) is 5.69 Å². The van der Waals surface area contributed by atoms with Crippen molar-refractivity contribution < 1.29 is 4.74 Å². The van der Waals surface area contributed by atoms with Crippen LogP contribution in [0.3, 0.4) is 0 Å². The van der Waals surface area contributed by atoms with Crippen molar-refractivity contribution >= 4 is 22.0 Å². The molecule has 5 N–H and O–H groups in total. The molecule has 2 aliphatic rings.